The SMILES string of the molecule is CCOC(=O)C1=C(CN2CCN(C(=O)CC(C)C)[C@@H](C)C2)N(CC)C(=O)N[C@@H]1c1ccc(C(F)(F)F)cc1. The van der Waals surface area contributed by atoms with Crippen molar-refractivity contribution in [3.63, 3.8) is 0 Å². The van der Waals surface area contributed by atoms with Gasteiger partial charge in [-0.1, -0.05) is 26.0 Å². The van der Waals surface area contributed by atoms with Gasteiger partial charge in [0, 0.05) is 50.9 Å². The van der Waals surface area contributed by atoms with Crippen LogP contribution in [0.4, 0.5) is 18.0 Å². The lowest BCUT2D eigenvalue weighted by atomic mass is 9.93. The summed E-state index contributed by atoms with van der Waals surface area (Å²) < 4.78 is 44.7. The molecule has 0 spiro atoms. The topological polar surface area (TPSA) is 82.2 Å². The Bertz CT molecular complexity index is 1060. The number of esters is 1. The second-order valence-corrected chi connectivity index (χ2v) is 10.1. The van der Waals surface area contributed by atoms with Crippen LogP contribution < -0.4 is 5.32 Å². The van der Waals surface area contributed by atoms with Crippen LogP contribution >= 0.6 is 0 Å². The molecule has 11 heteroatoms. The van der Waals surface area contributed by atoms with E-state index >= 15 is 0 Å². The molecule has 1 aromatic rings. The third kappa shape index (κ3) is 6.67. The number of nitrogens with zero attached hydrogens (tertiary/aromatic N) is 3. The van der Waals surface area contributed by atoms with E-state index in [1.807, 2.05) is 25.7 Å². The molecular weight excluding hydrogens is 501 g/mol. The van der Waals surface area contributed by atoms with Gasteiger partial charge in [-0.05, 0) is 44.4 Å². The first-order valence-corrected chi connectivity index (χ1v) is 13.0. The fraction of sp³-hybridized carbons (Fsp3) is 0.593. The van der Waals surface area contributed by atoms with Crippen LogP contribution in [0.25, 0.3) is 0 Å². The summed E-state index contributed by atoms with van der Waals surface area (Å²) >= 11 is 0. The predicted octanol–water partition coefficient (Wildman–Crippen LogP) is 4.19. The molecule has 2 aliphatic rings. The van der Waals surface area contributed by atoms with Gasteiger partial charge >= 0.3 is 18.2 Å². The average Bonchev–Trinajstić information content (AvgIpc) is 2.83. The minimum absolute atomic E-state index is 0.0557. The van der Waals surface area contributed by atoms with Crippen molar-refractivity contribution in [1.82, 2.24) is 20.0 Å². The molecule has 2 aliphatic heterocycles. The van der Waals surface area contributed by atoms with E-state index in [9.17, 15) is 27.6 Å². The third-order valence-electron chi connectivity index (χ3n) is 6.81. The number of nitrogens with one attached hydrogen (secondary N) is 1. The van der Waals surface area contributed by atoms with E-state index in [1.54, 1.807) is 13.8 Å². The van der Waals surface area contributed by atoms with Gasteiger partial charge in [-0.25, -0.2) is 9.59 Å². The lowest BCUT2D eigenvalue weighted by Crippen LogP contribution is -2.56. The Balaban J connectivity index is 1.96. The van der Waals surface area contributed by atoms with E-state index in [4.69, 9.17) is 4.74 Å². The van der Waals surface area contributed by atoms with Crippen molar-refractivity contribution in [3.05, 3.63) is 46.7 Å². The largest absolute Gasteiger partial charge is 0.463 e. The third-order valence-corrected chi connectivity index (χ3v) is 6.81. The fourth-order valence-corrected chi connectivity index (χ4v) is 5.00. The molecule has 8 nitrogen and oxygen atoms in total. The molecule has 1 N–H and O–H groups in total. The van der Waals surface area contributed by atoms with Gasteiger partial charge in [-0.2, -0.15) is 13.2 Å². The van der Waals surface area contributed by atoms with Gasteiger partial charge in [0.15, 0.2) is 0 Å². The van der Waals surface area contributed by atoms with Crippen LogP contribution in [0.1, 0.15) is 58.2 Å². The molecule has 0 radical (unpaired) electrons. The van der Waals surface area contributed by atoms with Crippen molar-refractivity contribution in [2.45, 2.75) is 59.3 Å². The summed E-state index contributed by atoms with van der Waals surface area (Å²) in [7, 11) is 0. The minimum Gasteiger partial charge on any atom is -0.463 e. The van der Waals surface area contributed by atoms with E-state index in [-0.39, 0.29) is 43.1 Å². The number of amides is 3. The zero-order valence-corrected chi connectivity index (χ0v) is 22.6. The van der Waals surface area contributed by atoms with Gasteiger partial charge in [0.25, 0.3) is 0 Å². The molecule has 1 aromatic carbocycles. The second kappa shape index (κ2) is 12.2. The molecule has 0 unspecified atom stereocenters. The standard InChI is InChI=1S/C27H37F3N4O4/c1-6-33-21(16-32-12-13-34(18(5)15-32)22(35)14-17(3)4)23(25(36)38-7-2)24(31-26(33)37)19-8-10-20(11-9-19)27(28,29)30/h8-11,17-18,24H,6-7,12-16H2,1-5H3,(H,31,37)/t18-,24+/m0/s1. The van der Waals surface area contributed by atoms with Gasteiger partial charge in [0.2, 0.25) is 5.91 Å². The number of urea groups is 1. The van der Waals surface area contributed by atoms with Gasteiger partial charge in [-0.3, -0.25) is 14.6 Å². The summed E-state index contributed by atoms with van der Waals surface area (Å²) in [4.78, 5) is 44.4. The zero-order chi connectivity index (χ0) is 28.2. The first-order chi connectivity index (χ1) is 17.9. The quantitative estimate of drug-likeness (QED) is 0.502. The molecule has 0 bridgehead atoms. The number of alkyl halides is 3. The normalized spacial score (nSPS) is 21.1. The number of rotatable bonds is 8. The van der Waals surface area contributed by atoms with Gasteiger partial charge in [-0.15, -0.1) is 0 Å². The van der Waals surface area contributed by atoms with Crippen LogP contribution in [-0.2, 0) is 20.5 Å². The summed E-state index contributed by atoms with van der Waals surface area (Å²) in [5, 5.41) is 2.77. The zero-order valence-electron chi connectivity index (χ0n) is 22.6. The number of carbonyl (C=O) groups excluding carboxylic acids is 3. The van der Waals surface area contributed by atoms with Gasteiger partial charge in [0.1, 0.15) is 0 Å². The van der Waals surface area contributed by atoms with Crippen molar-refractivity contribution in [3.8, 4) is 0 Å². The van der Waals surface area contributed by atoms with Gasteiger partial charge < -0.3 is 15.0 Å². The van der Waals surface area contributed by atoms with E-state index in [0.717, 1.165) is 12.1 Å². The summed E-state index contributed by atoms with van der Waals surface area (Å²) in [6, 6.07) is 2.95. The maximum absolute atomic E-state index is 13.2. The first-order valence-electron chi connectivity index (χ1n) is 13.0. The number of halogens is 3. The Kier molecular flexibility index (Phi) is 9.45. The highest BCUT2D eigenvalue weighted by Crippen LogP contribution is 2.35. The van der Waals surface area contributed by atoms with Crippen molar-refractivity contribution in [2.75, 3.05) is 39.3 Å². The summed E-state index contributed by atoms with van der Waals surface area (Å²) in [5.74, 6) is -0.274. The highest BCUT2D eigenvalue weighted by Gasteiger charge is 2.40. The van der Waals surface area contributed by atoms with E-state index in [0.29, 0.717) is 37.3 Å². The van der Waals surface area contributed by atoms with Crippen LogP contribution in [0.15, 0.2) is 35.5 Å². The molecule has 1 saturated heterocycles. The van der Waals surface area contributed by atoms with Crippen LogP contribution in [0.5, 0.6) is 0 Å². The first kappa shape index (κ1) is 29.5. The fourth-order valence-electron chi connectivity index (χ4n) is 5.00. The Hall–Kier alpha value is -3.08. The molecule has 0 aromatic heterocycles. The molecule has 2 atom stereocenters. The minimum atomic E-state index is -4.51. The number of benzene rings is 1. The smallest absolute Gasteiger partial charge is 0.416 e. The lowest BCUT2D eigenvalue weighted by molar-refractivity contribution is -0.139. The monoisotopic (exact) mass is 538 g/mol. The lowest BCUT2D eigenvalue weighted by Gasteiger charge is -2.43. The van der Waals surface area contributed by atoms with Crippen molar-refractivity contribution in [2.24, 2.45) is 5.92 Å². The maximum Gasteiger partial charge on any atom is 0.416 e. The van der Waals surface area contributed by atoms with Crippen LogP contribution in [0.3, 0.4) is 0 Å². The highest BCUT2D eigenvalue weighted by molar-refractivity contribution is 5.95. The number of ether oxygens (including phenoxy) is 1. The Labute approximate surface area is 221 Å². The molecule has 2 heterocycles. The van der Waals surface area contributed by atoms with Crippen molar-refractivity contribution >= 4 is 17.9 Å². The molecule has 3 rings (SSSR count). The number of piperazine rings is 1. The number of hydrogen-bond donors (Lipinski definition) is 1. The molecule has 0 saturated carbocycles. The average molecular weight is 539 g/mol. The van der Waals surface area contributed by atoms with E-state index in [2.05, 4.69) is 10.2 Å². The van der Waals surface area contributed by atoms with Crippen molar-refractivity contribution < 1.29 is 32.3 Å². The van der Waals surface area contributed by atoms with Crippen LogP contribution in [0, 0.1) is 5.92 Å². The second-order valence-electron chi connectivity index (χ2n) is 10.1. The van der Waals surface area contributed by atoms with E-state index < -0.39 is 29.8 Å². The Morgan fingerprint density at radius 1 is 1.13 bits per heavy atom. The number of carbonyl (C=O) groups is 3. The molecule has 38 heavy (non-hydrogen) atoms. The molecule has 210 valence electrons. The molecule has 0 aliphatic carbocycles. The number of hydrogen-bond acceptors (Lipinski definition) is 5. The highest BCUT2D eigenvalue weighted by atomic mass is 19.4. The number of likely N-dealkylation sites (N-methyl/N-ethyl adjacent to an activating group) is 1. The summed E-state index contributed by atoms with van der Waals surface area (Å²) in [6.07, 6.45) is -4.03. The van der Waals surface area contributed by atoms with Crippen LogP contribution in [0.2, 0.25) is 0 Å². The molecular formula is C27H37F3N4O4. The van der Waals surface area contributed by atoms with Crippen molar-refractivity contribution in [1.29, 1.82) is 0 Å². The maximum atomic E-state index is 13.2. The predicted molar refractivity (Wildman–Crippen MR) is 136 cm³/mol. The van der Waals surface area contributed by atoms with Crippen LogP contribution in [-0.4, -0.2) is 78.0 Å². The van der Waals surface area contributed by atoms with E-state index in [1.165, 1.54) is 17.0 Å². The molecule has 1 fully saturated rings. The Morgan fingerprint density at radius 2 is 1.79 bits per heavy atom. The summed E-state index contributed by atoms with van der Waals surface area (Å²) in [6.45, 7) is 11.7. The summed E-state index contributed by atoms with van der Waals surface area (Å²) in [5.41, 5.74) is 0.173. The van der Waals surface area contributed by atoms with Gasteiger partial charge in [0.05, 0.1) is 23.8 Å². The Morgan fingerprint density at radius 3 is 2.32 bits per heavy atom. The molecule has 3 amide bonds.